The Balaban J connectivity index is 0.000000293. The van der Waals surface area contributed by atoms with Gasteiger partial charge in [-0.15, -0.1) is 0 Å². The van der Waals surface area contributed by atoms with E-state index in [0.29, 0.717) is 12.4 Å². The van der Waals surface area contributed by atoms with Gasteiger partial charge >= 0.3 is 0 Å². The number of carbonyl (C=O) groups excluding carboxylic acids is 1. The van der Waals surface area contributed by atoms with E-state index in [1.54, 1.807) is 0 Å². The van der Waals surface area contributed by atoms with Crippen LogP contribution < -0.4 is 11.2 Å². The van der Waals surface area contributed by atoms with Crippen LogP contribution in [0.25, 0.3) is 0 Å². The lowest BCUT2D eigenvalue weighted by Crippen LogP contribution is -2.30. The minimum Gasteiger partial charge on any atom is -0.462 e. The van der Waals surface area contributed by atoms with Gasteiger partial charge in [-0.05, 0) is 52.6 Å². The molecule has 0 aromatic heterocycles. The van der Waals surface area contributed by atoms with Gasteiger partial charge in [-0.3, -0.25) is 4.79 Å². The lowest BCUT2D eigenvalue weighted by molar-refractivity contribution is -0.138. The Hall–Kier alpha value is -0.650. The average molecular weight is 232 g/mol. The second kappa shape index (κ2) is 8.50. The molecule has 5 nitrogen and oxygen atoms in total. The van der Waals surface area contributed by atoms with Crippen LogP contribution in [0.3, 0.4) is 0 Å². The van der Waals surface area contributed by atoms with Crippen molar-refractivity contribution in [2.45, 2.75) is 39.2 Å². The van der Waals surface area contributed by atoms with E-state index in [1.165, 1.54) is 12.8 Å². The van der Waals surface area contributed by atoms with Gasteiger partial charge in [-0.1, -0.05) is 0 Å². The van der Waals surface area contributed by atoms with Gasteiger partial charge in [-0.25, -0.2) is 5.90 Å². The van der Waals surface area contributed by atoms with E-state index in [1.807, 2.05) is 20.8 Å². The summed E-state index contributed by atoms with van der Waals surface area (Å²) in [6.45, 7) is 8.88. The van der Waals surface area contributed by atoms with Gasteiger partial charge in [0.05, 0.1) is 6.61 Å². The number of rotatable bonds is 3. The molecular formula is C11H24N2O3. The predicted molar refractivity (Wildman–Crippen MR) is 62.6 cm³/mol. The molecule has 0 saturated carbocycles. The van der Waals surface area contributed by atoms with Crippen LogP contribution in [0.15, 0.2) is 0 Å². The van der Waals surface area contributed by atoms with Crippen LogP contribution in [0.4, 0.5) is 0 Å². The van der Waals surface area contributed by atoms with Crippen molar-refractivity contribution in [3.8, 4) is 0 Å². The van der Waals surface area contributed by atoms with Gasteiger partial charge in [0.15, 0.2) is 0 Å². The third kappa shape index (κ3) is 9.89. The molecule has 0 aromatic carbocycles. The zero-order valence-corrected chi connectivity index (χ0v) is 10.5. The molecule has 96 valence electrons. The van der Waals surface area contributed by atoms with E-state index in [2.05, 4.69) is 14.9 Å². The lowest BCUT2D eigenvalue weighted by atomic mass is 10.00. The van der Waals surface area contributed by atoms with Gasteiger partial charge in [0.25, 0.3) is 6.47 Å². The number of piperidine rings is 1. The summed E-state index contributed by atoms with van der Waals surface area (Å²) in [5, 5.41) is 3.28. The minimum absolute atomic E-state index is 0.318. The summed E-state index contributed by atoms with van der Waals surface area (Å²) in [7, 11) is 0. The summed E-state index contributed by atoms with van der Waals surface area (Å²) in [6, 6.07) is 0. The van der Waals surface area contributed by atoms with Crippen LogP contribution in [0.2, 0.25) is 0 Å². The van der Waals surface area contributed by atoms with Crippen LogP contribution in [0.5, 0.6) is 0 Å². The Kier molecular flexibility index (Phi) is 8.15. The molecule has 1 fully saturated rings. The number of hydrogen-bond donors (Lipinski definition) is 2. The first-order chi connectivity index (χ1) is 7.49. The largest absolute Gasteiger partial charge is 0.462 e. The van der Waals surface area contributed by atoms with E-state index in [0.717, 1.165) is 19.7 Å². The van der Waals surface area contributed by atoms with E-state index in [4.69, 9.17) is 5.90 Å². The topological polar surface area (TPSA) is 73.6 Å². The maximum atomic E-state index is 9.60. The highest BCUT2D eigenvalue weighted by molar-refractivity contribution is 5.37. The number of nitrogens with one attached hydrogen (secondary N) is 1. The molecule has 0 unspecified atom stereocenters. The first-order valence-electron chi connectivity index (χ1n) is 5.63. The molecule has 1 rings (SSSR count). The molecule has 0 aliphatic carbocycles. The number of ether oxygens (including phenoxy) is 1. The molecule has 0 spiro atoms. The average Bonchev–Trinajstić information content (AvgIpc) is 2.19. The third-order valence-corrected chi connectivity index (χ3v) is 2.19. The van der Waals surface area contributed by atoms with Crippen molar-refractivity contribution in [1.82, 2.24) is 5.32 Å². The van der Waals surface area contributed by atoms with Crippen molar-refractivity contribution in [3.05, 3.63) is 0 Å². The molecule has 0 aromatic rings. The Bertz CT molecular complexity index is 172. The van der Waals surface area contributed by atoms with Crippen molar-refractivity contribution >= 4 is 6.47 Å². The van der Waals surface area contributed by atoms with Crippen LogP contribution in [0, 0.1) is 5.92 Å². The predicted octanol–water partition coefficient (Wildman–Crippen LogP) is 0.834. The molecule has 1 aliphatic rings. The molecule has 5 heteroatoms. The zero-order chi connectivity index (χ0) is 12.4. The highest BCUT2D eigenvalue weighted by Crippen LogP contribution is 2.10. The van der Waals surface area contributed by atoms with E-state index in [9.17, 15) is 4.79 Å². The van der Waals surface area contributed by atoms with Gasteiger partial charge in [0, 0.05) is 0 Å². The van der Waals surface area contributed by atoms with Crippen molar-refractivity contribution in [1.29, 1.82) is 0 Å². The first-order valence-corrected chi connectivity index (χ1v) is 5.63. The van der Waals surface area contributed by atoms with Crippen molar-refractivity contribution < 1.29 is 14.4 Å². The fourth-order valence-corrected chi connectivity index (χ4v) is 1.33. The summed E-state index contributed by atoms with van der Waals surface area (Å²) in [4.78, 5) is 14.2. The molecule has 0 amide bonds. The summed E-state index contributed by atoms with van der Waals surface area (Å²) < 4.78 is 4.55. The van der Waals surface area contributed by atoms with Gasteiger partial charge in [-0.2, -0.15) is 0 Å². The summed E-state index contributed by atoms with van der Waals surface area (Å²) >= 11 is 0. The second-order valence-corrected chi connectivity index (χ2v) is 4.85. The van der Waals surface area contributed by atoms with Crippen LogP contribution in [0.1, 0.15) is 33.6 Å². The molecule has 0 atom stereocenters. The van der Waals surface area contributed by atoms with E-state index < -0.39 is 0 Å². The maximum absolute atomic E-state index is 9.60. The van der Waals surface area contributed by atoms with E-state index >= 15 is 0 Å². The standard InChI is InChI=1S/C6H14N2O.C5H10O2/c7-9-5-6-1-3-8-4-2-6;1-5(2,3)7-4-6/h6,8H,1-5,7H2;4H,1-3H3. The zero-order valence-electron chi connectivity index (χ0n) is 10.5. The summed E-state index contributed by atoms with van der Waals surface area (Å²) in [5.41, 5.74) is -0.318. The smallest absolute Gasteiger partial charge is 0.293 e. The SMILES string of the molecule is CC(C)(C)OC=O.NOCC1CCNCC1. The normalized spacial score (nSPS) is 17.2. The number of hydrogen-bond acceptors (Lipinski definition) is 5. The minimum atomic E-state index is -0.318. The molecule has 16 heavy (non-hydrogen) atoms. The molecule has 1 aliphatic heterocycles. The highest BCUT2D eigenvalue weighted by Gasteiger charge is 2.11. The monoisotopic (exact) mass is 232 g/mol. The van der Waals surface area contributed by atoms with Crippen molar-refractivity contribution in [3.63, 3.8) is 0 Å². The summed E-state index contributed by atoms with van der Waals surface area (Å²) in [5.74, 6) is 5.63. The summed E-state index contributed by atoms with van der Waals surface area (Å²) in [6.07, 6.45) is 2.41. The van der Waals surface area contributed by atoms with E-state index in [-0.39, 0.29) is 5.60 Å². The van der Waals surface area contributed by atoms with Crippen molar-refractivity contribution in [2.75, 3.05) is 19.7 Å². The van der Waals surface area contributed by atoms with Gasteiger partial charge in [0.1, 0.15) is 5.60 Å². The van der Waals surface area contributed by atoms with Crippen LogP contribution in [-0.4, -0.2) is 31.8 Å². The molecule has 0 radical (unpaired) electrons. The third-order valence-electron chi connectivity index (χ3n) is 2.19. The van der Waals surface area contributed by atoms with Crippen LogP contribution >= 0.6 is 0 Å². The first kappa shape index (κ1) is 15.3. The van der Waals surface area contributed by atoms with Gasteiger partial charge < -0.3 is 14.9 Å². The maximum Gasteiger partial charge on any atom is 0.293 e. The molecule has 1 saturated heterocycles. The van der Waals surface area contributed by atoms with Crippen LogP contribution in [-0.2, 0) is 14.4 Å². The highest BCUT2D eigenvalue weighted by atomic mass is 16.6. The molecule has 3 N–H and O–H groups in total. The molecule has 0 bridgehead atoms. The fourth-order valence-electron chi connectivity index (χ4n) is 1.33. The number of carbonyl (C=O) groups is 1. The Morgan fingerprint density at radius 3 is 2.25 bits per heavy atom. The molecule has 1 heterocycles. The quantitative estimate of drug-likeness (QED) is 0.557. The second-order valence-electron chi connectivity index (χ2n) is 4.85. The van der Waals surface area contributed by atoms with Crippen molar-refractivity contribution in [2.24, 2.45) is 11.8 Å². The fraction of sp³-hybridized carbons (Fsp3) is 0.909. The Labute approximate surface area is 97.6 Å². The molecular weight excluding hydrogens is 208 g/mol. The Morgan fingerprint density at radius 1 is 1.38 bits per heavy atom. The number of nitrogens with two attached hydrogens (primary N) is 1. The Morgan fingerprint density at radius 2 is 1.94 bits per heavy atom. The van der Waals surface area contributed by atoms with Gasteiger partial charge in [0.2, 0.25) is 0 Å². The lowest BCUT2D eigenvalue weighted by Gasteiger charge is -2.20.